The molecule has 1 aliphatic heterocycles. The predicted molar refractivity (Wildman–Crippen MR) is 89.9 cm³/mol. The first-order chi connectivity index (χ1) is 11.1. The van der Waals surface area contributed by atoms with Crippen molar-refractivity contribution in [2.45, 2.75) is 6.42 Å². The first-order valence-electron chi connectivity index (χ1n) is 7.25. The molecule has 23 heavy (non-hydrogen) atoms. The minimum atomic E-state index is -0.180. The van der Waals surface area contributed by atoms with Crippen molar-refractivity contribution in [1.29, 1.82) is 0 Å². The fourth-order valence-electron chi connectivity index (χ4n) is 2.30. The van der Waals surface area contributed by atoms with Crippen molar-refractivity contribution >= 4 is 29.1 Å². The van der Waals surface area contributed by atoms with Gasteiger partial charge in [-0.1, -0.05) is 29.3 Å². The van der Waals surface area contributed by atoms with Gasteiger partial charge in [0, 0.05) is 12.1 Å². The van der Waals surface area contributed by atoms with Crippen molar-refractivity contribution in [2.24, 2.45) is 0 Å². The number of benzene rings is 2. The zero-order valence-electron chi connectivity index (χ0n) is 12.3. The van der Waals surface area contributed by atoms with E-state index < -0.39 is 0 Å². The van der Waals surface area contributed by atoms with Crippen LogP contribution in [0.2, 0.25) is 10.0 Å². The highest BCUT2D eigenvalue weighted by molar-refractivity contribution is 6.42. The third kappa shape index (κ3) is 3.89. The Bertz CT molecular complexity index is 734. The summed E-state index contributed by atoms with van der Waals surface area (Å²) in [7, 11) is 0. The smallest absolute Gasteiger partial charge is 0.251 e. The number of carbonyl (C=O) groups is 1. The SMILES string of the molecule is O=C(NCCc1ccc2c(c1)OCCO2)c1ccc(Cl)c(Cl)c1. The van der Waals surface area contributed by atoms with Crippen LogP contribution < -0.4 is 14.8 Å². The van der Waals surface area contributed by atoms with E-state index in [9.17, 15) is 4.79 Å². The molecule has 2 aromatic rings. The third-order valence-electron chi connectivity index (χ3n) is 3.49. The minimum absolute atomic E-state index is 0.180. The van der Waals surface area contributed by atoms with Gasteiger partial charge in [0.25, 0.3) is 5.91 Å². The van der Waals surface area contributed by atoms with Crippen LogP contribution in [-0.4, -0.2) is 25.7 Å². The lowest BCUT2D eigenvalue weighted by Crippen LogP contribution is -2.25. The summed E-state index contributed by atoms with van der Waals surface area (Å²) in [6, 6.07) is 10.6. The maximum atomic E-state index is 12.1. The minimum Gasteiger partial charge on any atom is -0.486 e. The second kappa shape index (κ2) is 7.11. The number of hydrogen-bond acceptors (Lipinski definition) is 3. The van der Waals surface area contributed by atoms with Crippen LogP contribution >= 0.6 is 23.2 Å². The molecule has 1 aliphatic rings. The second-order valence-corrected chi connectivity index (χ2v) is 5.93. The molecule has 120 valence electrons. The molecule has 0 saturated heterocycles. The molecule has 0 radical (unpaired) electrons. The van der Waals surface area contributed by atoms with Gasteiger partial charge in [-0.25, -0.2) is 0 Å². The molecule has 0 unspecified atom stereocenters. The summed E-state index contributed by atoms with van der Waals surface area (Å²) in [5, 5.41) is 3.66. The average molecular weight is 352 g/mol. The van der Waals surface area contributed by atoms with Crippen LogP contribution in [0.3, 0.4) is 0 Å². The number of ether oxygens (including phenoxy) is 2. The topological polar surface area (TPSA) is 47.6 Å². The molecule has 2 aromatic carbocycles. The fraction of sp³-hybridized carbons (Fsp3) is 0.235. The zero-order valence-corrected chi connectivity index (χ0v) is 13.8. The lowest BCUT2D eigenvalue weighted by molar-refractivity contribution is 0.0954. The predicted octanol–water partition coefficient (Wildman–Crippen LogP) is 3.74. The molecular formula is C17H15Cl2NO3. The van der Waals surface area contributed by atoms with Crippen molar-refractivity contribution in [3.8, 4) is 11.5 Å². The van der Waals surface area contributed by atoms with E-state index in [1.165, 1.54) is 0 Å². The molecule has 0 fully saturated rings. The third-order valence-corrected chi connectivity index (χ3v) is 4.23. The quantitative estimate of drug-likeness (QED) is 0.912. The van der Waals surface area contributed by atoms with Crippen LogP contribution in [0.25, 0.3) is 0 Å². The van der Waals surface area contributed by atoms with E-state index in [0.717, 1.165) is 17.1 Å². The lowest BCUT2D eigenvalue weighted by atomic mass is 10.1. The molecule has 0 aromatic heterocycles. The molecule has 6 heteroatoms. The number of rotatable bonds is 4. The van der Waals surface area contributed by atoms with Crippen molar-refractivity contribution in [3.05, 3.63) is 57.6 Å². The molecular weight excluding hydrogens is 337 g/mol. The van der Waals surface area contributed by atoms with Crippen molar-refractivity contribution in [3.63, 3.8) is 0 Å². The van der Waals surface area contributed by atoms with E-state index in [1.807, 2.05) is 18.2 Å². The highest BCUT2D eigenvalue weighted by Crippen LogP contribution is 2.30. The number of amides is 1. The monoisotopic (exact) mass is 351 g/mol. The normalized spacial score (nSPS) is 12.8. The molecule has 0 aliphatic carbocycles. The Kier molecular flexibility index (Phi) is 4.94. The Balaban J connectivity index is 1.56. The molecule has 4 nitrogen and oxygen atoms in total. The van der Waals surface area contributed by atoms with Crippen LogP contribution in [-0.2, 0) is 6.42 Å². The van der Waals surface area contributed by atoms with E-state index in [-0.39, 0.29) is 5.91 Å². The summed E-state index contributed by atoms with van der Waals surface area (Å²) < 4.78 is 11.0. The van der Waals surface area contributed by atoms with Gasteiger partial charge >= 0.3 is 0 Å². The Morgan fingerprint density at radius 1 is 1.00 bits per heavy atom. The number of nitrogens with one attached hydrogen (secondary N) is 1. The maximum Gasteiger partial charge on any atom is 0.251 e. The van der Waals surface area contributed by atoms with Crippen LogP contribution in [0.4, 0.5) is 0 Å². The van der Waals surface area contributed by atoms with Crippen LogP contribution in [0, 0.1) is 0 Å². The van der Waals surface area contributed by atoms with Gasteiger partial charge in [0.2, 0.25) is 0 Å². The summed E-state index contributed by atoms with van der Waals surface area (Å²) >= 11 is 11.8. The van der Waals surface area contributed by atoms with E-state index >= 15 is 0 Å². The number of halogens is 2. The molecule has 0 bridgehead atoms. The van der Waals surface area contributed by atoms with E-state index in [4.69, 9.17) is 32.7 Å². The number of hydrogen-bond donors (Lipinski definition) is 1. The molecule has 1 N–H and O–H groups in total. The van der Waals surface area contributed by atoms with Crippen molar-refractivity contribution in [1.82, 2.24) is 5.32 Å². The highest BCUT2D eigenvalue weighted by atomic mass is 35.5. The Labute approximate surface area is 144 Å². The summed E-state index contributed by atoms with van der Waals surface area (Å²) in [5.41, 5.74) is 1.56. The van der Waals surface area contributed by atoms with Gasteiger partial charge < -0.3 is 14.8 Å². The highest BCUT2D eigenvalue weighted by Gasteiger charge is 2.12. The molecule has 1 amide bonds. The van der Waals surface area contributed by atoms with E-state index in [2.05, 4.69) is 5.32 Å². The van der Waals surface area contributed by atoms with Gasteiger partial charge in [0.15, 0.2) is 11.5 Å². The molecule has 0 spiro atoms. The number of carbonyl (C=O) groups excluding carboxylic acids is 1. The summed E-state index contributed by atoms with van der Waals surface area (Å²) in [5.74, 6) is 1.34. The molecule has 0 saturated carbocycles. The Hall–Kier alpha value is -1.91. The Morgan fingerprint density at radius 2 is 1.78 bits per heavy atom. The van der Waals surface area contributed by atoms with E-state index in [0.29, 0.717) is 41.8 Å². The number of fused-ring (bicyclic) bond motifs is 1. The van der Waals surface area contributed by atoms with Crippen molar-refractivity contribution < 1.29 is 14.3 Å². The first-order valence-corrected chi connectivity index (χ1v) is 8.01. The fourth-order valence-corrected chi connectivity index (χ4v) is 2.60. The molecule has 1 heterocycles. The van der Waals surface area contributed by atoms with Gasteiger partial charge in [-0.3, -0.25) is 4.79 Å². The van der Waals surface area contributed by atoms with Crippen LogP contribution in [0.15, 0.2) is 36.4 Å². The molecule has 3 rings (SSSR count). The van der Waals surface area contributed by atoms with Gasteiger partial charge in [0.1, 0.15) is 13.2 Å². The van der Waals surface area contributed by atoms with Gasteiger partial charge in [-0.15, -0.1) is 0 Å². The van der Waals surface area contributed by atoms with Crippen LogP contribution in [0.5, 0.6) is 11.5 Å². The Morgan fingerprint density at radius 3 is 2.57 bits per heavy atom. The van der Waals surface area contributed by atoms with Crippen molar-refractivity contribution in [2.75, 3.05) is 19.8 Å². The summed E-state index contributed by atoms with van der Waals surface area (Å²) in [4.78, 5) is 12.1. The summed E-state index contributed by atoms with van der Waals surface area (Å²) in [6.07, 6.45) is 0.698. The van der Waals surface area contributed by atoms with Gasteiger partial charge in [0.05, 0.1) is 10.0 Å². The largest absolute Gasteiger partial charge is 0.486 e. The van der Waals surface area contributed by atoms with Crippen LogP contribution in [0.1, 0.15) is 15.9 Å². The molecule has 0 atom stereocenters. The van der Waals surface area contributed by atoms with E-state index in [1.54, 1.807) is 18.2 Å². The lowest BCUT2D eigenvalue weighted by Gasteiger charge is -2.18. The van der Waals surface area contributed by atoms with Gasteiger partial charge in [-0.2, -0.15) is 0 Å². The van der Waals surface area contributed by atoms with Gasteiger partial charge in [-0.05, 0) is 42.3 Å². The summed E-state index contributed by atoms with van der Waals surface area (Å²) in [6.45, 7) is 1.65. The average Bonchev–Trinajstić information content (AvgIpc) is 2.57. The second-order valence-electron chi connectivity index (χ2n) is 5.11. The standard InChI is InChI=1S/C17H15Cl2NO3/c18-13-3-2-12(10-14(13)19)17(21)20-6-5-11-1-4-15-16(9-11)23-8-7-22-15/h1-4,9-10H,5-8H2,(H,20,21). The zero-order chi connectivity index (χ0) is 16.2. The first kappa shape index (κ1) is 16.0. The maximum absolute atomic E-state index is 12.1.